The molecule has 0 saturated heterocycles. The molecule has 0 radical (unpaired) electrons. The molecule has 0 saturated carbocycles. The number of amides is 1. The van der Waals surface area contributed by atoms with E-state index in [1.807, 2.05) is 52.9 Å². The molecule has 0 aliphatic carbocycles. The van der Waals surface area contributed by atoms with Crippen molar-refractivity contribution in [1.82, 2.24) is 19.2 Å². The molecule has 1 aliphatic rings. The molecule has 0 fully saturated rings. The molecular weight excluding hydrogens is 352 g/mol. The molecule has 0 unspecified atom stereocenters. The van der Waals surface area contributed by atoms with Crippen LogP contribution in [0.5, 0.6) is 0 Å². The molecule has 0 spiro atoms. The zero-order chi connectivity index (χ0) is 19.3. The summed E-state index contributed by atoms with van der Waals surface area (Å²) in [6.07, 6.45) is 2.53. The molecule has 6 heteroatoms. The number of para-hydroxylation sites is 1. The average Bonchev–Trinajstić information content (AvgIpc) is 3.02. The topological polar surface area (TPSA) is 60.1 Å². The quantitative estimate of drug-likeness (QED) is 0.543. The van der Waals surface area contributed by atoms with Crippen LogP contribution in [0.25, 0.3) is 21.8 Å². The highest BCUT2D eigenvalue weighted by atomic mass is 16.2. The molecule has 28 heavy (non-hydrogen) atoms. The Hall–Kier alpha value is -3.41. The molecule has 3 heterocycles. The largest absolute Gasteiger partial charge is 0.339 e. The molecule has 2 aromatic heterocycles. The highest BCUT2D eigenvalue weighted by molar-refractivity contribution is 6.07. The molecule has 140 valence electrons. The van der Waals surface area contributed by atoms with Gasteiger partial charge < -0.3 is 9.47 Å². The van der Waals surface area contributed by atoms with E-state index in [0.717, 1.165) is 22.7 Å². The van der Waals surface area contributed by atoms with E-state index in [1.54, 1.807) is 6.20 Å². The summed E-state index contributed by atoms with van der Waals surface area (Å²) in [4.78, 5) is 27.7. The van der Waals surface area contributed by atoms with Crippen LogP contribution in [-0.2, 0) is 31.4 Å². The Labute approximate surface area is 161 Å². The van der Waals surface area contributed by atoms with E-state index < -0.39 is 0 Å². The predicted octanol–water partition coefficient (Wildman–Crippen LogP) is 2.47. The van der Waals surface area contributed by atoms with Crippen molar-refractivity contribution in [3.8, 4) is 0 Å². The van der Waals surface area contributed by atoms with Crippen LogP contribution < -0.4 is 5.56 Å². The highest BCUT2D eigenvalue weighted by Crippen LogP contribution is 2.25. The van der Waals surface area contributed by atoms with Gasteiger partial charge in [-0.2, -0.15) is 5.10 Å². The summed E-state index contributed by atoms with van der Waals surface area (Å²) in [5.74, 6) is -0.0813. The third kappa shape index (κ3) is 2.52. The van der Waals surface area contributed by atoms with E-state index in [1.165, 1.54) is 15.8 Å². The van der Waals surface area contributed by atoms with Crippen molar-refractivity contribution >= 4 is 27.7 Å². The number of fused-ring (bicyclic) bond motifs is 4. The Morgan fingerprint density at radius 3 is 2.64 bits per heavy atom. The predicted molar refractivity (Wildman–Crippen MR) is 108 cm³/mol. The van der Waals surface area contributed by atoms with Crippen LogP contribution in [0.3, 0.4) is 0 Å². The SMILES string of the molecule is Cn1c2ccccc2c2cnn(CC(=O)N3CCc4ccccc4C3)c(=O)c21. The Kier molecular flexibility index (Phi) is 3.79. The highest BCUT2D eigenvalue weighted by Gasteiger charge is 2.22. The monoisotopic (exact) mass is 372 g/mol. The molecule has 0 N–H and O–H groups in total. The second kappa shape index (κ2) is 6.34. The van der Waals surface area contributed by atoms with Crippen LogP contribution in [0.4, 0.5) is 0 Å². The van der Waals surface area contributed by atoms with Gasteiger partial charge in [0.2, 0.25) is 5.91 Å². The minimum atomic E-state index is -0.234. The van der Waals surface area contributed by atoms with Crippen molar-refractivity contribution in [2.24, 2.45) is 7.05 Å². The van der Waals surface area contributed by atoms with Crippen molar-refractivity contribution in [3.63, 3.8) is 0 Å². The number of nitrogens with zero attached hydrogens (tertiary/aromatic N) is 4. The summed E-state index contributed by atoms with van der Waals surface area (Å²) in [5, 5.41) is 6.11. The number of carbonyl (C=O) groups is 1. The van der Waals surface area contributed by atoms with Crippen molar-refractivity contribution < 1.29 is 4.79 Å². The van der Waals surface area contributed by atoms with Crippen LogP contribution in [-0.4, -0.2) is 31.7 Å². The molecule has 2 aromatic carbocycles. The Morgan fingerprint density at radius 1 is 1.04 bits per heavy atom. The third-order valence-corrected chi connectivity index (χ3v) is 5.68. The molecule has 6 nitrogen and oxygen atoms in total. The Balaban J connectivity index is 1.48. The fourth-order valence-electron chi connectivity index (χ4n) is 4.16. The number of hydrogen-bond donors (Lipinski definition) is 0. The third-order valence-electron chi connectivity index (χ3n) is 5.68. The van der Waals surface area contributed by atoms with Gasteiger partial charge in [-0.05, 0) is 23.6 Å². The van der Waals surface area contributed by atoms with Crippen molar-refractivity contribution in [1.29, 1.82) is 0 Å². The number of carbonyl (C=O) groups excluding carboxylic acids is 1. The first-order valence-corrected chi connectivity index (χ1v) is 9.41. The van der Waals surface area contributed by atoms with E-state index in [-0.39, 0.29) is 18.0 Å². The average molecular weight is 372 g/mol. The molecule has 5 rings (SSSR count). The van der Waals surface area contributed by atoms with Gasteiger partial charge in [-0.1, -0.05) is 42.5 Å². The second-order valence-electron chi connectivity index (χ2n) is 7.28. The van der Waals surface area contributed by atoms with Crippen LogP contribution in [0.1, 0.15) is 11.1 Å². The lowest BCUT2D eigenvalue weighted by atomic mass is 10.00. The Bertz CT molecular complexity index is 1280. The summed E-state index contributed by atoms with van der Waals surface area (Å²) >= 11 is 0. The number of aryl methyl sites for hydroxylation is 1. The van der Waals surface area contributed by atoms with Crippen LogP contribution in [0.2, 0.25) is 0 Å². The van der Waals surface area contributed by atoms with Gasteiger partial charge in [0.25, 0.3) is 5.56 Å². The van der Waals surface area contributed by atoms with Crippen molar-refractivity contribution in [3.05, 3.63) is 76.2 Å². The molecule has 1 aliphatic heterocycles. The van der Waals surface area contributed by atoms with Gasteiger partial charge in [-0.25, -0.2) is 4.68 Å². The summed E-state index contributed by atoms with van der Waals surface area (Å²) in [6, 6.07) is 16.1. The fraction of sp³-hybridized carbons (Fsp3) is 0.227. The van der Waals surface area contributed by atoms with E-state index in [2.05, 4.69) is 17.2 Å². The molecule has 1 amide bonds. The normalized spacial score (nSPS) is 13.8. The van der Waals surface area contributed by atoms with E-state index in [9.17, 15) is 9.59 Å². The summed E-state index contributed by atoms with van der Waals surface area (Å²) in [5.41, 5.74) is 3.79. The Morgan fingerprint density at radius 2 is 1.79 bits per heavy atom. The number of rotatable bonds is 2. The summed E-state index contributed by atoms with van der Waals surface area (Å²) < 4.78 is 3.16. The maximum atomic E-state index is 13.0. The summed E-state index contributed by atoms with van der Waals surface area (Å²) in [7, 11) is 1.87. The number of benzene rings is 2. The van der Waals surface area contributed by atoms with E-state index in [4.69, 9.17) is 0 Å². The molecule has 4 aromatic rings. The van der Waals surface area contributed by atoms with Crippen molar-refractivity contribution in [2.75, 3.05) is 6.54 Å². The van der Waals surface area contributed by atoms with Gasteiger partial charge in [-0.3, -0.25) is 9.59 Å². The van der Waals surface area contributed by atoms with Gasteiger partial charge in [0.05, 0.1) is 6.20 Å². The maximum Gasteiger partial charge on any atom is 0.291 e. The van der Waals surface area contributed by atoms with Gasteiger partial charge in [0, 0.05) is 36.4 Å². The van der Waals surface area contributed by atoms with Crippen LogP contribution in [0.15, 0.2) is 59.5 Å². The lowest BCUT2D eigenvalue weighted by Crippen LogP contribution is -2.40. The first-order valence-electron chi connectivity index (χ1n) is 9.41. The van der Waals surface area contributed by atoms with Gasteiger partial charge >= 0.3 is 0 Å². The molecular formula is C22H20N4O2. The van der Waals surface area contributed by atoms with Crippen molar-refractivity contribution in [2.45, 2.75) is 19.5 Å². The fourth-order valence-corrected chi connectivity index (χ4v) is 4.16. The van der Waals surface area contributed by atoms with Crippen LogP contribution in [0, 0.1) is 0 Å². The van der Waals surface area contributed by atoms with E-state index in [0.29, 0.717) is 18.6 Å². The summed E-state index contributed by atoms with van der Waals surface area (Å²) in [6.45, 7) is 1.21. The standard InChI is InChI=1S/C22H20N4O2/c1-24-19-9-5-4-8-17(19)18-12-23-26(22(28)21(18)24)14-20(27)25-11-10-15-6-2-3-7-16(15)13-25/h2-9,12H,10-11,13-14H2,1H3. The van der Waals surface area contributed by atoms with Gasteiger partial charge in [0.15, 0.2) is 0 Å². The minimum Gasteiger partial charge on any atom is -0.339 e. The number of aromatic nitrogens is 3. The number of hydrogen-bond acceptors (Lipinski definition) is 3. The zero-order valence-corrected chi connectivity index (χ0v) is 15.6. The van der Waals surface area contributed by atoms with E-state index >= 15 is 0 Å². The smallest absolute Gasteiger partial charge is 0.291 e. The van der Waals surface area contributed by atoms with Gasteiger partial charge in [0.1, 0.15) is 12.1 Å². The molecule has 0 atom stereocenters. The second-order valence-corrected chi connectivity index (χ2v) is 7.28. The zero-order valence-electron chi connectivity index (χ0n) is 15.6. The first-order chi connectivity index (χ1) is 13.6. The van der Waals surface area contributed by atoms with Crippen LogP contribution >= 0.6 is 0 Å². The maximum absolute atomic E-state index is 13.0. The minimum absolute atomic E-state index is 0.0432. The van der Waals surface area contributed by atoms with Gasteiger partial charge in [-0.15, -0.1) is 0 Å². The lowest BCUT2D eigenvalue weighted by Gasteiger charge is -2.28. The first kappa shape index (κ1) is 16.7. The lowest BCUT2D eigenvalue weighted by molar-refractivity contribution is -0.133. The molecule has 0 bridgehead atoms.